The third-order valence-corrected chi connectivity index (χ3v) is 3.78. The molecule has 2 aliphatic heterocycles. The largest absolute Gasteiger partial charge is 0.355 e. The molecule has 5 nitrogen and oxygen atoms in total. The second-order valence-electron chi connectivity index (χ2n) is 5.08. The third-order valence-electron chi connectivity index (χ3n) is 3.78. The predicted octanol–water partition coefficient (Wildman–Crippen LogP) is -0.277. The van der Waals surface area contributed by atoms with Crippen LogP contribution in [0.3, 0.4) is 0 Å². The fraction of sp³-hybridized carbons (Fsp3) is 0.833. The number of hydrogen-bond acceptors (Lipinski definition) is 3. The molecule has 0 aromatic carbocycles. The standard InChI is InChI=1S/C12H21N3O2/c1-15-5-3-2-4-10(15)8-14-12(17)9-6-11(16)13-7-9/h9-10H,2-8H2,1H3,(H,13,16)(H,14,17). The first-order valence-electron chi connectivity index (χ1n) is 6.41. The number of rotatable bonds is 3. The Balaban J connectivity index is 1.73. The smallest absolute Gasteiger partial charge is 0.225 e. The van der Waals surface area contributed by atoms with Crippen molar-refractivity contribution in [2.75, 3.05) is 26.7 Å². The molecular weight excluding hydrogens is 218 g/mol. The highest BCUT2D eigenvalue weighted by Crippen LogP contribution is 2.14. The molecular formula is C12H21N3O2. The van der Waals surface area contributed by atoms with Gasteiger partial charge in [0, 0.05) is 25.6 Å². The zero-order chi connectivity index (χ0) is 12.3. The summed E-state index contributed by atoms with van der Waals surface area (Å²) in [5.41, 5.74) is 0. The Morgan fingerprint density at radius 2 is 2.35 bits per heavy atom. The van der Waals surface area contributed by atoms with E-state index in [-0.39, 0.29) is 17.7 Å². The molecule has 17 heavy (non-hydrogen) atoms. The Morgan fingerprint density at radius 3 is 3.00 bits per heavy atom. The van der Waals surface area contributed by atoms with E-state index >= 15 is 0 Å². The lowest BCUT2D eigenvalue weighted by atomic mass is 10.0. The van der Waals surface area contributed by atoms with Crippen molar-refractivity contribution in [1.82, 2.24) is 15.5 Å². The van der Waals surface area contributed by atoms with E-state index in [1.54, 1.807) is 0 Å². The van der Waals surface area contributed by atoms with Gasteiger partial charge in [0.2, 0.25) is 11.8 Å². The van der Waals surface area contributed by atoms with Crippen LogP contribution in [0.2, 0.25) is 0 Å². The second kappa shape index (κ2) is 5.49. The van der Waals surface area contributed by atoms with Gasteiger partial charge in [0.1, 0.15) is 0 Å². The number of nitrogens with zero attached hydrogens (tertiary/aromatic N) is 1. The summed E-state index contributed by atoms with van der Waals surface area (Å²) in [7, 11) is 2.11. The zero-order valence-corrected chi connectivity index (χ0v) is 10.4. The fourth-order valence-electron chi connectivity index (χ4n) is 2.56. The van der Waals surface area contributed by atoms with Gasteiger partial charge in [-0.25, -0.2) is 0 Å². The molecule has 2 fully saturated rings. The average Bonchev–Trinajstić information content (AvgIpc) is 2.74. The van der Waals surface area contributed by atoms with Crippen molar-refractivity contribution >= 4 is 11.8 Å². The molecule has 2 saturated heterocycles. The highest BCUT2D eigenvalue weighted by atomic mass is 16.2. The molecule has 0 aromatic heterocycles. The molecule has 0 bridgehead atoms. The van der Waals surface area contributed by atoms with Gasteiger partial charge in [-0.3, -0.25) is 9.59 Å². The number of amides is 2. The molecule has 96 valence electrons. The highest BCUT2D eigenvalue weighted by Gasteiger charge is 2.28. The maximum atomic E-state index is 11.8. The molecule has 2 aliphatic rings. The van der Waals surface area contributed by atoms with Crippen molar-refractivity contribution in [1.29, 1.82) is 0 Å². The molecule has 2 rings (SSSR count). The number of hydrogen-bond donors (Lipinski definition) is 2. The third kappa shape index (κ3) is 3.19. The van der Waals surface area contributed by atoms with Crippen molar-refractivity contribution in [2.24, 2.45) is 5.92 Å². The molecule has 2 atom stereocenters. The van der Waals surface area contributed by atoms with E-state index in [9.17, 15) is 9.59 Å². The Hall–Kier alpha value is -1.10. The maximum Gasteiger partial charge on any atom is 0.225 e. The van der Waals surface area contributed by atoms with Crippen molar-refractivity contribution in [2.45, 2.75) is 31.7 Å². The first kappa shape index (κ1) is 12.4. The van der Waals surface area contributed by atoms with Crippen LogP contribution in [-0.2, 0) is 9.59 Å². The van der Waals surface area contributed by atoms with Crippen LogP contribution in [0.4, 0.5) is 0 Å². The predicted molar refractivity (Wildman–Crippen MR) is 64.4 cm³/mol. The van der Waals surface area contributed by atoms with Crippen molar-refractivity contribution in [3.8, 4) is 0 Å². The van der Waals surface area contributed by atoms with Crippen molar-refractivity contribution in [3.05, 3.63) is 0 Å². The van der Waals surface area contributed by atoms with E-state index in [1.807, 2.05) is 0 Å². The number of piperidine rings is 1. The summed E-state index contributed by atoms with van der Waals surface area (Å²) in [6.45, 7) is 2.31. The number of likely N-dealkylation sites (tertiary alicyclic amines) is 1. The number of carbonyl (C=O) groups excluding carboxylic acids is 2. The Bertz CT molecular complexity index is 306. The van der Waals surface area contributed by atoms with Crippen LogP contribution in [0.5, 0.6) is 0 Å². The highest BCUT2D eigenvalue weighted by molar-refractivity contribution is 5.89. The zero-order valence-electron chi connectivity index (χ0n) is 10.4. The summed E-state index contributed by atoms with van der Waals surface area (Å²) in [4.78, 5) is 25.1. The summed E-state index contributed by atoms with van der Waals surface area (Å²) in [6, 6.07) is 0.456. The van der Waals surface area contributed by atoms with Crippen molar-refractivity contribution in [3.63, 3.8) is 0 Å². The monoisotopic (exact) mass is 239 g/mol. The van der Waals surface area contributed by atoms with E-state index in [0.717, 1.165) is 13.0 Å². The van der Waals surface area contributed by atoms with Crippen LogP contribution in [0.15, 0.2) is 0 Å². The molecule has 2 amide bonds. The molecule has 0 spiro atoms. The molecule has 0 aromatic rings. The van der Waals surface area contributed by atoms with Crippen molar-refractivity contribution < 1.29 is 9.59 Å². The van der Waals surface area contributed by atoms with Gasteiger partial charge < -0.3 is 15.5 Å². The van der Waals surface area contributed by atoms with Crippen LogP contribution < -0.4 is 10.6 Å². The van der Waals surface area contributed by atoms with Crippen LogP contribution in [0, 0.1) is 5.92 Å². The van der Waals surface area contributed by atoms with E-state index < -0.39 is 0 Å². The fourth-order valence-corrected chi connectivity index (χ4v) is 2.56. The number of likely N-dealkylation sites (N-methyl/N-ethyl adjacent to an activating group) is 1. The first-order chi connectivity index (χ1) is 8.16. The second-order valence-corrected chi connectivity index (χ2v) is 5.08. The van der Waals surface area contributed by atoms with Crippen LogP contribution in [0.1, 0.15) is 25.7 Å². The Morgan fingerprint density at radius 1 is 1.53 bits per heavy atom. The quantitative estimate of drug-likeness (QED) is 0.712. The van der Waals surface area contributed by atoms with Gasteiger partial charge in [-0.1, -0.05) is 6.42 Å². The van der Waals surface area contributed by atoms with Crippen LogP contribution >= 0.6 is 0 Å². The molecule has 2 N–H and O–H groups in total. The minimum absolute atomic E-state index is 0.0139. The van der Waals surface area contributed by atoms with Gasteiger partial charge in [-0.15, -0.1) is 0 Å². The molecule has 0 aliphatic carbocycles. The number of nitrogens with one attached hydrogen (secondary N) is 2. The van der Waals surface area contributed by atoms with Gasteiger partial charge in [-0.05, 0) is 26.4 Å². The first-order valence-corrected chi connectivity index (χ1v) is 6.41. The molecule has 2 heterocycles. The van der Waals surface area contributed by atoms with Gasteiger partial charge in [-0.2, -0.15) is 0 Å². The molecule has 0 radical (unpaired) electrons. The Kier molecular flexibility index (Phi) is 3.99. The van der Waals surface area contributed by atoms with Crippen LogP contribution in [0.25, 0.3) is 0 Å². The number of carbonyl (C=O) groups is 2. The van der Waals surface area contributed by atoms with E-state index in [2.05, 4.69) is 22.6 Å². The van der Waals surface area contributed by atoms with E-state index in [1.165, 1.54) is 12.8 Å². The minimum atomic E-state index is -0.170. The lowest BCUT2D eigenvalue weighted by molar-refractivity contribution is -0.126. The minimum Gasteiger partial charge on any atom is -0.355 e. The summed E-state index contributed by atoms with van der Waals surface area (Å²) in [5, 5.41) is 5.66. The lowest BCUT2D eigenvalue weighted by Gasteiger charge is -2.32. The van der Waals surface area contributed by atoms with Gasteiger partial charge in [0.25, 0.3) is 0 Å². The lowest BCUT2D eigenvalue weighted by Crippen LogP contribution is -2.46. The topological polar surface area (TPSA) is 61.4 Å². The molecule has 0 saturated carbocycles. The molecule has 5 heteroatoms. The van der Waals surface area contributed by atoms with Crippen LogP contribution in [-0.4, -0.2) is 49.4 Å². The average molecular weight is 239 g/mol. The van der Waals surface area contributed by atoms with E-state index in [0.29, 0.717) is 25.6 Å². The Labute approximate surface area is 102 Å². The van der Waals surface area contributed by atoms with Gasteiger partial charge in [0.15, 0.2) is 0 Å². The molecule has 2 unspecified atom stereocenters. The summed E-state index contributed by atoms with van der Waals surface area (Å²) < 4.78 is 0. The normalized spacial score (nSPS) is 30.1. The van der Waals surface area contributed by atoms with E-state index in [4.69, 9.17) is 0 Å². The summed E-state index contributed by atoms with van der Waals surface area (Å²) >= 11 is 0. The summed E-state index contributed by atoms with van der Waals surface area (Å²) in [6.07, 6.45) is 3.99. The van der Waals surface area contributed by atoms with Gasteiger partial charge in [0.05, 0.1) is 5.92 Å². The summed E-state index contributed by atoms with van der Waals surface area (Å²) in [5.74, 6) is -0.168. The SMILES string of the molecule is CN1CCCCC1CNC(=O)C1CNC(=O)C1. The van der Waals surface area contributed by atoms with Gasteiger partial charge >= 0.3 is 0 Å². The maximum absolute atomic E-state index is 11.8.